The molecule has 1 saturated carbocycles. The Kier molecular flexibility index (Phi) is 3.97. The molecule has 120 valence electrons. The maximum absolute atomic E-state index is 12.7. The van der Waals surface area contributed by atoms with Gasteiger partial charge >= 0.3 is 6.09 Å². The first-order valence-electron chi connectivity index (χ1n) is 7.72. The number of ether oxygens (including phenoxy) is 1. The smallest absolute Gasteiger partial charge is 0.414 e. The van der Waals surface area contributed by atoms with Crippen LogP contribution in [0.25, 0.3) is 0 Å². The molecule has 1 spiro atoms. The summed E-state index contributed by atoms with van der Waals surface area (Å²) in [5.41, 5.74) is 1.66. The van der Waals surface area contributed by atoms with Gasteiger partial charge in [0.1, 0.15) is 5.60 Å². The lowest BCUT2D eigenvalue weighted by molar-refractivity contribution is 0.0578. The zero-order chi connectivity index (χ0) is 16.1. The second-order valence-electron chi connectivity index (χ2n) is 7.34. The van der Waals surface area contributed by atoms with Gasteiger partial charge in [0.05, 0.1) is 5.69 Å². The molecule has 1 aliphatic carbocycles. The minimum absolute atomic E-state index is 0.0413. The van der Waals surface area contributed by atoms with Gasteiger partial charge in [0.2, 0.25) is 0 Å². The van der Waals surface area contributed by atoms with Crippen LogP contribution in [-0.2, 0) is 10.2 Å². The summed E-state index contributed by atoms with van der Waals surface area (Å²) in [6, 6.07) is 3.88. The fourth-order valence-electron chi connectivity index (χ4n) is 3.66. The quantitative estimate of drug-likeness (QED) is 0.575. The van der Waals surface area contributed by atoms with Gasteiger partial charge in [0.25, 0.3) is 0 Å². The number of hydrogen-bond donors (Lipinski definition) is 0. The summed E-state index contributed by atoms with van der Waals surface area (Å²) in [6.45, 7) is 6.37. The molecule has 1 aromatic carbocycles. The predicted octanol–water partition coefficient (Wildman–Crippen LogP) is 5.67. The highest BCUT2D eigenvalue weighted by atomic mass is 79.9. The molecule has 1 aliphatic heterocycles. The zero-order valence-corrected chi connectivity index (χ0v) is 15.6. The lowest BCUT2D eigenvalue weighted by atomic mass is 9.81. The summed E-state index contributed by atoms with van der Waals surface area (Å²) in [7, 11) is 0. The molecule has 0 atom stereocenters. The maximum atomic E-state index is 12.7. The van der Waals surface area contributed by atoms with E-state index in [0.29, 0.717) is 11.6 Å². The van der Waals surface area contributed by atoms with Crippen molar-refractivity contribution in [2.45, 2.75) is 57.5 Å². The molecule has 1 heterocycles. The van der Waals surface area contributed by atoms with Gasteiger partial charge in [-0.2, -0.15) is 0 Å². The summed E-state index contributed by atoms with van der Waals surface area (Å²) in [5.74, 6) is 0. The molecule has 0 aromatic heterocycles. The van der Waals surface area contributed by atoms with Crippen molar-refractivity contribution in [3.8, 4) is 0 Å². The number of nitrogens with zero attached hydrogens (tertiary/aromatic N) is 1. The van der Waals surface area contributed by atoms with Gasteiger partial charge in [0, 0.05) is 21.5 Å². The molecule has 0 radical (unpaired) electrons. The summed E-state index contributed by atoms with van der Waals surface area (Å²) >= 11 is 9.84. The summed E-state index contributed by atoms with van der Waals surface area (Å²) in [4.78, 5) is 14.4. The van der Waals surface area contributed by atoms with Crippen molar-refractivity contribution in [3.63, 3.8) is 0 Å². The Labute approximate surface area is 145 Å². The van der Waals surface area contributed by atoms with Crippen molar-refractivity contribution in [1.82, 2.24) is 0 Å². The molecule has 1 amide bonds. The second-order valence-corrected chi connectivity index (χ2v) is 8.63. The number of fused-ring (bicyclic) bond motifs is 2. The van der Waals surface area contributed by atoms with Gasteiger partial charge in [0.15, 0.2) is 0 Å². The Bertz CT molecular complexity index is 618. The average Bonchev–Trinajstić information content (AvgIpc) is 2.95. The normalized spacial score (nSPS) is 19.6. The monoisotopic (exact) mass is 385 g/mol. The SMILES string of the molecule is CC(C)(C)OC(=O)N1CC2(CCCC2)c2cc(Cl)cc(Br)c21. The molecule has 2 aliphatic rings. The number of carbonyl (C=O) groups excluding carboxylic acids is 1. The average molecular weight is 387 g/mol. The van der Waals surface area contributed by atoms with Crippen LogP contribution >= 0.6 is 27.5 Å². The molecule has 0 unspecified atom stereocenters. The minimum Gasteiger partial charge on any atom is -0.443 e. The molecule has 1 fully saturated rings. The van der Waals surface area contributed by atoms with E-state index in [1.165, 1.54) is 18.4 Å². The van der Waals surface area contributed by atoms with Crippen molar-refractivity contribution < 1.29 is 9.53 Å². The number of hydrogen-bond acceptors (Lipinski definition) is 2. The molecular formula is C17H21BrClNO2. The minimum atomic E-state index is -0.498. The van der Waals surface area contributed by atoms with Crippen LogP contribution in [0, 0.1) is 0 Å². The third kappa shape index (κ3) is 2.76. The largest absolute Gasteiger partial charge is 0.443 e. The van der Waals surface area contributed by atoms with E-state index in [1.54, 1.807) is 4.90 Å². The van der Waals surface area contributed by atoms with Crippen LogP contribution in [0.3, 0.4) is 0 Å². The van der Waals surface area contributed by atoms with Gasteiger partial charge in [-0.25, -0.2) is 4.79 Å². The zero-order valence-electron chi connectivity index (χ0n) is 13.2. The Morgan fingerprint density at radius 2 is 1.95 bits per heavy atom. The van der Waals surface area contributed by atoms with Crippen molar-refractivity contribution in [2.24, 2.45) is 0 Å². The molecule has 3 rings (SSSR count). The van der Waals surface area contributed by atoms with Crippen molar-refractivity contribution in [3.05, 3.63) is 27.2 Å². The third-order valence-electron chi connectivity index (χ3n) is 4.50. The van der Waals surface area contributed by atoms with Crippen molar-refractivity contribution in [2.75, 3.05) is 11.4 Å². The lowest BCUT2D eigenvalue weighted by Gasteiger charge is -2.27. The number of halogens is 2. The standard InChI is InChI=1S/C17H21BrClNO2/c1-16(2,3)22-15(21)20-10-17(6-4-5-7-17)12-8-11(19)9-13(18)14(12)20/h8-9H,4-7,10H2,1-3H3. The summed E-state index contributed by atoms with van der Waals surface area (Å²) in [6.07, 6.45) is 4.33. The van der Waals surface area contributed by atoms with Gasteiger partial charge in [-0.1, -0.05) is 24.4 Å². The molecule has 0 bridgehead atoms. The van der Waals surface area contributed by atoms with Gasteiger partial charge in [-0.05, 0) is 67.2 Å². The third-order valence-corrected chi connectivity index (χ3v) is 5.33. The Balaban J connectivity index is 2.04. The summed E-state index contributed by atoms with van der Waals surface area (Å²) < 4.78 is 6.47. The molecular weight excluding hydrogens is 366 g/mol. The Hall–Kier alpha value is -0.740. The van der Waals surface area contributed by atoms with Crippen LogP contribution in [-0.4, -0.2) is 18.2 Å². The van der Waals surface area contributed by atoms with E-state index in [9.17, 15) is 4.79 Å². The van der Waals surface area contributed by atoms with E-state index in [1.807, 2.05) is 32.9 Å². The highest BCUT2D eigenvalue weighted by Gasteiger charge is 2.48. The molecule has 5 heteroatoms. The highest BCUT2D eigenvalue weighted by Crippen LogP contribution is 2.53. The van der Waals surface area contributed by atoms with Crippen molar-refractivity contribution >= 4 is 39.3 Å². The maximum Gasteiger partial charge on any atom is 0.414 e. The van der Waals surface area contributed by atoms with Gasteiger partial charge < -0.3 is 4.74 Å². The van der Waals surface area contributed by atoms with E-state index >= 15 is 0 Å². The van der Waals surface area contributed by atoms with E-state index in [0.717, 1.165) is 23.0 Å². The number of benzene rings is 1. The highest BCUT2D eigenvalue weighted by molar-refractivity contribution is 9.10. The van der Waals surface area contributed by atoms with Crippen LogP contribution in [0.2, 0.25) is 5.02 Å². The summed E-state index contributed by atoms with van der Waals surface area (Å²) in [5, 5.41) is 0.711. The Morgan fingerprint density at radius 1 is 1.32 bits per heavy atom. The first-order chi connectivity index (χ1) is 10.2. The molecule has 0 N–H and O–H groups in total. The number of rotatable bonds is 0. The van der Waals surface area contributed by atoms with E-state index in [-0.39, 0.29) is 11.5 Å². The van der Waals surface area contributed by atoms with Crippen LogP contribution in [0.15, 0.2) is 16.6 Å². The topological polar surface area (TPSA) is 29.5 Å². The fraction of sp³-hybridized carbons (Fsp3) is 0.588. The molecule has 1 aromatic rings. The lowest BCUT2D eigenvalue weighted by Crippen LogP contribution is -2.39. The van der Waals surface area contributed by atoms with Crippen LogP contribution < -0.4 is 4.90 Å². The fourth-order valence-corrected chi connectivity index (χ4v) is 4.69. The molecule has 22 heavy (non-hydrogen) atoms. The van der Waals surface area contributed by atoms with Crippen LogP contribution in [0.4, 0.5) is 10.5 Å². The first-order valence-corrected chi connectivity index (χ1v) is 8.89. The van der Waals surface area contributed by atoms with E-state index < -0.39 is 5.60 Å². The van der Waals surface area contributed by atoms with E-state index in [2.05, 4.69) is 15.9 Å². The van der Waals surface area contributed by atoms with Gasteiger partial charge in [-0.3, -0.25) is 4.90 Å². The molecule has 0 saturated heterocycles. The first kappa shape index (κ1) is 16.1. The number of carbonyl (C=O) groups is 1. The van der Waals surface area contributed by atoms with Crippen molar-refractivity contribution in [1.29, 1.82) is 0 Å². The van der Waals surface area contributed by atoms with Crippen LogP contribution in [0.5, 0.6) is 0 Å². The predicted molar refractivity (Wildman–Crippen MR) is 92.9 cm³/mol. The second kappa shape index (κ2) is 5.41. The molecule has 3 nitrogen and oxygen atoms in total. The number of amides is 1. The van der Waals surface area contributed by atoms with Crippen LogP contribution in [0.1, 0.15) is 52.0 Å². The Morgan fingerprint density at radius 3 is 2.55 bits per heavy atom. The van der Waals surface area contributed by atoms with Gasteiger partial charge in [-0.15, -0.1) is 0 Å². The number of anilines is 1. The van der Waals surface area contributed by atoms with E-state index in [4.69, 9.17) is 16.3 Å².